The fourth-order valence-electron chi connectivity index (χ4n) is 1.72. The number of hydrogen-bond acceptors (Lipinski definition) is 5. The summed E-state index contributed by atoms with van der Waals surface area (Å²) >= 11 is 23.4. The van der Waals surface area contributed by atoms with Crippen molar-refractivity contribution in [2.75, 3.05) is 0 Å². The lowest BCUT2D eigenvalue weighted by atomic mass is 9.96. The summed E-state index contributed by atoms with van der Waals surface area (Å²) in [5.41, 5.74) is 0.257. The fourth-order valence-corrected chi connectivity index (χ4v) is 3.21. The van der Waals surface area contributed by atoms with E-state index in [0.717, 1.165) is 6.08 Å². The lowest BCUT2D eigenvalue weighted by Gasteiger charge is -2.27. The van der Waals surface area contributed by atoms with Crippen molar-refractivity contribution in [2.45, 2.75) is 21.5 Å². The number of carbonyl (C=O) groups is 1. The molecule has 1 aliphatic rings. The van der Waals surface area contributed by atoms with Crippen LogP contribution in [0.15, 0.2) is 46.0 Å². The molecule has 0 radical (unpaired) electrons. The number of oxime groups is 1. The maximum Gasteiger partial charge on any atom is 0.358 e. The summed E-state index contributed by atoms with van der Waals surface area (Å²) in [4.78, 5) is 11.5. The van der Waals surface area contributed by atoms with Gasteiger partial charge in [-0.2, -0.15) is 8.42 Å². The number of alkyl halides is 3. The Morgan fingerprint density at radius 2 is 1.78 bits per heavy atom. The predicted molar refractivity (Wildman–Crippen MR) is 90.0 cm³/mol. The Morgan fingerprint density at radius 3 is 2.35 bits per heavy atom. The third kappa shape index (κ3) is 3.83. The van der Waals surface area contributed by atoms with Crippen molar-refractivity contribution in [1.29, 1.82) is 0 Å². The summed E-state index contributed by atoms with van der Waals surface area (Å²) in [6, 6.07) is 5.30. The maximum atomic E-state index is 12.1. The van der Waals surface area contributed by atoms with Gasteiger partial charge in [0, 0.05) is 5.02 Å². The van der Waals surface area contributed by atoms with Gasteiger partial charge in [0.25, 0.3) is 0 Å². The van der Waals surface area contributed by atoms with Crippen LogP contribution in [-0.2, 0) is 19.2 Å². The minimum Gasteiger partial charge on any atom is -0.291 e. The second-order valence-electron chi connectivity index (χ2n) is 4.64. The number of nitrogens with zero attached hydrogens (tertiary/aromatic N) is 1. The van der Waals surface area contributed by atoms with Crippen LogP contribution in [0, 0.1) is 0 Å². The lowest BCUT2D eigenvalue weighted by molar-refractivity contribution is -0.115. The third-order valence-corrected chi connectivity index (χ3v) is 5.91. The molecule has 10 heteroatoms. The van der Waals surface area contributed by atoms with E-state index in [9.17, 15) is 13.2 Å². The molecule has 0 bridgehead atoms. The predicted octanol–water partition coefficient (Wildman–Crippen LogP) is 3.71. The van der Waals surface area contributed by atoms with Crippen molar-refractivity contribution >= 4 is 68.0 Å². The summed E-state index contributed by atoms with van der Waals surface area (Å²) < 4.78 is 26.8. The molecule has 0 amide bonds. The summed E-state index contributed by atoms with van der Waals surface area (Å²) in [7, 11) is -4.18. The summed E-state index contributed by atoms with van der Waals surface area (Å²) in [5, 5.41) is 2.63. The largest absolute Gasteiger partial charge is 0.358 e. The average Bonchev–Trinajstić information content (AvgIpc) is 2.46. The molecule has 0 spiro atoms. The van der Waals surface area contributed by atoms with Crippen molar-refractivity contribution in [2.24, 2.45) is 5.16 Å². The highest BCUT2D eigenvalue weighted by atomic mass is 35.5. The van der Waals surface area contributed by atoms with E-state index >= 15 is 0 Å². The molecule has 0 aromatic heterocycles. The molecule has 1 aliphatic carbocycles. The average molecular weight is 417 g/mol. The van der Waals surface area contributed by atoms with Gasteiger partial charge in [0.05, 0.1) is 0 Å². The molecule has 1 atom stereocenters. The number of ketones is 1. The molecule has 0 aliphatic heterocycles. The highest BCUT2D eigenvalue weighted by Crippen LogP contribution is 2.37. The zero-order valence-electron chi connectivity index (χ0n) is 11.5. The molecule has 124 valence electrons. The van der Waals surface area contributed by atoms with Crippen LogP contribution in [0.5, 0.6) is 0 Å². The highest BCUT2D eigenvalue weighted by Gasteiger charge is 2.47. The molecule has 1 unspecified atom stereocenters. The van der Waals surface area contributed by atoms with Gasteiger partial charge in [-0.3, -0.25) is 9.08 Å². The first kappa shape index (κ1) is 18.5. The van der Waals surface area contributed by atoms with E-state index in [2.05, 4.69) is 9.44 Å². The van der Waals surface area contributed by atoms with Crippen molar-refractivity contribution in [3.05, 3.63) is 40.9 Å². The van der Waals surface area contributed by atoms with Gasteiger partial charge in [0.15, 0.2) is 5.78 Å². The first-order valence-corrected chi connectivity index (χ1v) is 9.05. The van der Waals surface area contributed by atoms with E-state index in [1.807, 2.05) is 0 Å². The molecule has 0 N–H and O–H groups in total. The minimum atomic E-state index is -4.18. The van der Waals surface area contributed by atoms with Gasteiger partial charge in [-0.05, 0) is 42.8 Å². The summed E-state index contributed by atoms with van der Waals surface area (Å²) in [5.74, 6) is -0.613. The number of allylic oxidation sites excluding steroid dienone is 2. The van der Waals surface area contributed by atoms with Crippen LogP contribution < -0.4 is 0 Å². The van der Waals surface area contributed by atoms with Crippen LogP contribution in [-0.4, -0.2) is 29.6 Å². The number of rotatable bonds is 3. The molecule has 0 saturated carbocycles. The molecular formula is C13H9Cl4NO4S. The maximum absolute atomic E-state index is 12.1. The van der Waals surface area contributed by atoms with Gasteiger partial charge in [0.1, 0.15) is 16.0 Å². The molecule has 1 aromatic rings. The molecule has 2 rings (SSSR count). The molecule has 0 fully saturated rings. The van der Waals surface area contributed by atoms with Gasteiger partial charge < -0.3 is 0 Å². The van der Waals surface area contributed by atoms with E-state index in [-0.39, 0.29) is 10.6 Å². The second kappa shape index (κ2) is 6.61. The Balaban J connectivity index is 2.33. The molecular weight excluding hydrogens is 408 g/mol. The van der Waals surface area contributed by atoms with Gasteiger partial charge in [-0.1, -0.05) is 40.0 Å². The topological polar surface area (TPSA) is 72.8 Å². The van der Waals surface area contributed by atoms with Gasteiger partial charge in [0.2, 0.25) is 4.33 Å². The van der Waals surface area contributed by atoms with Gasteiger partial charge in [-0.15, -0.1) is 11.6 Å². The van der Waals surface area contributed by atoms with E-state index < -0.39 is 25.6 Å². The van der Waals surface area contributed by atoms with Crippen molar-refractivity contribution in [3.63, 3.8) is 0 Å². The van der Waals surface area contributed by atoms with Crippen LogP contribution in [0.3, 0.4) is 0 Å². The van der Waals surface area contributed by atoms with E-state index in [1.54, 1.807) is 0 Å². The number of carbonyl (C=O) groups excluding carboxylic acids is 1. The Bertz CT molecular complexity index is 800. The zero-order chi connectivity index (χ0) is 17.4. The fraction of sp³-hybridized carbons (Fsp3) is 0.231. The molecule has 0 saturated heterocycles. The minimum absolute atomic E-state index is 0.0474. The Morgan fingerprint density at radius 1 is 1.22 bits per heavy atom. The van der Waals surface area contributed by atoms with Gasteiger partial charge in [-0.25, -0.2) is 0 Å². The highest BCUT2D eigenvalue weighted by molar-refractivity contribution is 7.86. The lowest BCUT2D eigenvalue weighted by Crippen LogP contribution is -2.44. The van der Waals surface area contributed by atoms with E-state index in [4.69, 9.17) is 46.4 Å². The first-order valence-electron chi connectivity index (χ1n) is 6.08. The van der Waals surface area contributed by atoms with Crippen LogP contribution in [0.25, 0.3) is 0 Å². The smallest absolute Gasteiger partial charge is 0.291 e. The Kier molecular flexibility index (Phi) is 5.33. The normalized spacial score (nSPS) is 22.8. The van der Waals surface area contributed by atoms with Crippen LogP contribution in [0.4, 0.5) is 0 Å². The Hall–Kier alpha value is -0.790. The quantitative estimate of drug-likeness (QED) is 0.556. The SMILES string of the molecule is CC1=CC(=O)C(Cl)(Cl)C(Cl)/C1=N\OS(=O)(=O)c1ccc(Cl)cc1. The van der Waals surface area contributed by atoms with E-state index in [1.165, 1.54) is 31.2 Å². The van der Waals surface area contributed by atoms with Gasteiger partial charge >= 0.3 is 10.1 Å². The van der Waals surface area contributed by atoms with Crippen LogP contribution in [0.2, 0.25) is 5.02 Å². The van der Waals surface area contributed by atoms with Crippen molar-refractivity contribution in [1.82, 2.24) is 0 Å². The Labute approximate surface area is 152 Å². The molecule has 0 heterocycles. The molecule has 5 nitrogen and oxygen atoms in total. The third-order valence-electron chi connectivity index (χ3n) is 2.97. The first-order chi connectivity index (χ1) is 10.6. The summed E-state index contributed by atoms with van der Waals surface area (Å²) in [6.45, 7) is 1.51. The van der Waals surface area contributed by atoms with Crippen molar-refractivity contribution < 1.29 is 17.5 Å². The molecule has 1 aromatic carbocycles. The monoisotopic (exact) mass is 415 g/mol. The second-order valence-corrected chi connectivity index (χ2v) is 8.42. The standard InChI is InChI=1S/C13H9Cl4NO4S/c1-7-6-10(19)13(16,17)12(15)11(7)18-22-23(20,21)9-4-2-8(14)3-5-9/h2-6,12H,1H3/b18-11-. The summed E-state index contributed by atoms with van der Waals surface area (Å²) in [6.07, 6.45) is 1.12. The number of benzene rings is 1. The number of hydrogen-bond donors (Lipinski definition) is 0. The van der Waals surface area contributed by atoms with Crippen LogP contribution in [0.1, 0.15) is 6.92 Å². The number of halogens is 4. The molecule has 23 heavy (non-hydrogen) atoms. The van der Waals surface area contributed by atoms with Crippen LogP contribution >= 0.6 is 46.4 Å². The van der Waals surface area contributed by atoms with E-state index in [0.29, 0.717) is 10.6 Å². The zero-order valence-corrected chi connectivity index (χ0v) is 15.3. The van der Waals surface area contributed by atoms with Crippen molar-refractivity contribution in [3.8, 4) is 0 Å².